The maximum Gasteiger partial charge on any atom is 0.0992 e. The van der Waals surface area contributed by atoms with Crippen molar-refractivity contribution in [3.63, 3.8) is 0 Å². The van der Waals surface area contributed by atoms with Crippen molar-refractivity contribution in [2.45, 2.75) is 25.4 Å². The number of nitrogens with zero attached hydrogens (tertiary/aromatic N) is 2. The van der Waals surface area contributed by atoms with Crippen molar-refractivity contribution in [2.75, 3.05) is 20.1 Å². The molecule has 0 aliphatic carbocycles. The molecule has 1 aliphatic heterocycles. The zero-order valence-electron chi connectivity index (χ0n) is 10.6. The second kappa shape index (κ2) is 6.19. The first-order valence-electron chi connectivity index (χ1n) is 6.30. The van der Waals surface area contributed by atoms with Crippen molar-refractivity contribution >= 4 is 11.6 Å². The van der Waals surface area contributed by atoms with Crippen molar-refractivity contribution in [2.24, 2.45) is 0 Å². The van der Waals surface area contributed by atoms with Crippen LogP contribution in [0.25, 0.3) is 0 Å². The summed E-state index contributed by atoms with van der Waals surface area (Å²) in [5, 5.41) is 12.9. The average molecular weight is 264 g/mol. The molecule has 3 nitrogen and oxygen atoms in total. The fourth-order valence-electron chi connectivity index (χ4n) is 2.35. The molecule has 1 unspecified atom stereocenters. The van der Waals surface area contributed by atoms with Gasteiger partial charge in [0.05, 0.1) is 11.6 Å². The fraction of sp³-hybridized carbons (Fsp3) is 0.500. The van der Waals surface area contributed by atoms with Gasteiger partial charge in [-0.15, -0.1) is 0 Å². The highest BCUT2D eigenvalue weighted by atomic mass is 35.5. The minimum Gasteiger partial charge on any atom is -0.315 e. The van der Waals surface area contributed by atoms with Gasteiger partial charge in [-0.25, -0.2) is 0 Å². The van der Waals surface area contributed by atoms with Gasteiger partial charge >= 0.3 is 0 Å². The van der Waals surface area contributed by atoms with E-state index in [1.807, 2.05) is 12.1 Å². The summed E-state index contributed by atoms with van der Waals surface area (Å²) >= 11 is 6.20. The molecule has 0 radical (unpaired) electrons. The lowest BCUT2D eigenvalue weighted by Crippen LogP contribution is -2.43. The third-order valence-electron chi connectivity index (χ3n) is 3.50. The van der Waals surface area contributed by atoms with Gasteiger partial charge in [0.15, 0.2) is 0 Å². The molecular weight excluding hydrogens is 246 g/mol. The number of halogens is 1. The predicted molar refractivity (Wildman–Crippen MR) is 73.5 cm³/mol. The van der Waals surface area contributed by atoms with E-state index in [1.54, 1.807) is 6.07 Å². The Balaban J connectivity index is 2.02. The molecule has 0 saturated carbocycles. The summed E-state index contributed by atoms with van der Waals surface area (Å²) in [7, 11) is 2.13. The summed E-state index contributed by atoms with van der Waals surface area (Å²) in [6.45, 7) is 3.00. The highest BCUT2D eigenvalue weighted by molar-refractivity contribution is 6.31. The van der Waals surface area contributed by atoms with Crippen LogP contribution >= 0.6 is 11.6 Å². The molecule has 0 bridgehead atoms. The summed E-state index contributed by atoms with van der Waals surface area (Å²) < 4.78 is 0. The lowest BCUT2D eigenvalue weighted by atomic mass is 10.1. The molecule has 1 aromatic carbocycles. The van der Waals surface area contributed by atoms with Crippen LogP contribution in [0.4, 0.5) is 0 Å². The fourth-order valence-corrected chi connectivity index (χ4v) is 2.59. The molecule has 96 valence electrons. The van der Waals surface area contributed by atoms with Crippen molar-refractivity contribution in [1.29, 1.82) is 5.26 Å². The lowest BCUT2D eigenvalue weighted by molar-refractivity contribution is 0.196. The summed E-state index contributed by atoms with van der Waals surface area (Å²) in [6.07, 6.45) is 2.47. The summed E-state index contributed by atoms with van der Waals surface area (Å²) in [4.78, 5) is 2.33. The van der Waals surface area contributed by atoms with E-state index in [1.165, 1.54) is 12.8 Å². The van der Waals surface area contributed by atoms with Crippen LogP contribution in [-0.2, 0) is 6.54 Å². The van der Waals surface area contributed by atoms with E-state index in [9.17, 15) is 0 Å². The van der Waals surface area contributed by atoms with Gasteiger partial charge in [-0.2, -0.15) is 5.26 Å². The molecule has 1 aliphatic rings. The largest absolute Gasteiger partial charge is 0.315 e. The number of hydrogen-bond acceptors (Lipinski definition) is 3. The zero-order chi connectivity index (χ0) is 13.0. The van der Waals surface area contributed by atoms with Gasteiger partial charge in [0.2, 0.25) is 0 Å². The Morgan fingerprint density at radius 1 is 1.56 bits per heavy atom. The van der Waals surface area contributed by atoms with Crippen LogP contribution in [0.3, 0.4) is 0 Å². The van der Waals surface area contributed by atoms with Crippen molar-refractivity contribution in [1.82, 2.24) is 10.2 Å². The van der Waals surface area contributed by atoms with Gasteiger partial charge in [-0.3, -0.25) is 4.90 Å². The summed E-state index contributed by atoms with van der Waals surface area (Å²) in [6, 6.07) is 8.20. The van der Waals surface area contributed by atoms with E-state index in [-0.39, 0.29) is 0 Å². The van der Waals surface area contributed by atoms with Gasteiger partial charge in [0, 0.05) is 24.2 Å². The van der Waals surface area contributed by atoms with Crippen LogP contribution in [0.5, 0.6) is 0 Å². The van der Waals surface area contributed by atoms with Crippen molar-refractivity contribution in [3.8, 4) is 6.07 Å². The number of benzene rings is 1. The first-order valence-corrected chi connectivity index (χ1v) is 6.68. The Kier molecular flexibility index (Phi) is 4.60. The molecule has 4 heteroatoms. The predicted octanol–water partition coefficient (Wildman–Crippen LogP) is 2.40. The summed E-state index contributed by atoms with van der Waals surface area (Å²) in [5.74, 6) is 0. The van der Waals surface area contributed by atoms with Crippen LogP contribution < -0.4 is 5.32 Å². The molecule has 0 amide bonds. The van der Waals surface area contributed by atoms with Crippen LogP contribution in [0.1, 0.15) is 24.0 Å². The standard InChI is InChI=1S/C14H18ClN3/c1-18(13-3-2-6-17-9-13)10-12-5-4-11(8-16)7-14(12)15/h4-5,7,13,17H,2-3,6,9-10H2,1H3. The zero-order valence-corrected chi connectivity index (χ0v) is 11.4. The normalized spacial score (nSPS) is 19.8. The van der Waals surface area contributed by atoms with E-state index < -0.39 is 0 Å². The van der Waals surface area contributed by atoms with Gasteiger partial charge in [0.25, 0.3) is 0 Å². The number of piperidine rings is 1. The van der Waals surface area contributed by atoms with Gasteiger partial charge in [-0.05, 0) is 44.1 Å². The Hall–Kier alpha value is -1.08. The maximum atomic E-state index is 8.81. The molecule has 1 aromatic rings. The van der Waals surface area contributed by atoms with Gasteiger partial charge in [0.1, 0.15) is 0 Å². The first-order chi connectivity index (χ1) is 8.70. The average Bonchev–Trinajstić information content (AvgIpc) is 2.42. The number of rotatable bonds is 3. The Bertz CT molecular complexity index is 447. The smallest absolute Gasteiger partial charge is 0.0992 e. The van der Waals surface area contributed by atoms with E-state index >= 15 is 0 Å². The van der Waals surface area contributed by atoms with Gasteiger partial charge < -0.3 is 5.32 Å². The van der Waals surface area contributed by atoms with Crippen molar-refractivity contribution < 1.29 is 0 Å². The Morgan fingerprint density at radius 2 is 2.39 bits per heavy atom. The molecule has 1 N–H and O–H groups in total. The number of likely N-dealkylation sites (N-methyl/N-ethyl adjacent to an activating group) is 1. The third kappa shape index (κ3) is 3.23. The minimum atomic E-state index is 0.575. The van der Waals surface area contributed by atoms with Crippen LogP contribution in [0.15, 0.2) is 18.2 Å². The first kappa shape index (κ1) is 13.4. The molecule has 18 heavy (non-hydrogen) atoms. The van der Waals surface area contributed by atoms with E-state index in [0.717, 1.165) is 25.2 Å². The molecule has 1 saturated heterocycles. The molecule has 0 aromatic heterocycles. The number of hydrogen-bond donors (Lipinski definition) is 1. The van der Waals surface area contributed by atoms with E-state index in [2.05, 4.69) is 23.3 Å². The number of nitrogens with one attached hydrogen (secondary N) is 1. The van der Waals surface area contributed by atoms with Crippen LogP contribution in [-0.4, -0.2) is 31.1 Å². The Labute approximate surface area is 113 Å². The van der Waals surface area contributed by atoms with E-state index in [4.69, 9.17) is 16.9 Å². The highest BCUT2D eigenvalue weighted by Gasteiger charge is 2.18. The minimum absolute atomic E-state index is 0.575. The highest BCUT2D eigenvalue weighted by Crippen LogP contribution is 2.20. The summed E-state index contributed by atoms with van der Waals surface area (Å²) in [5.41, 5.74) is 1.70. The molecule has 2 rings (SSSR count). The molecule has 1 fully saturated rings. The Morgan fingerprint density at radius 3 is 3.00 bits per heavy atom. The molecule has 1 heterocycles. The molecule has 0 spiro atoms. The maximum absolute atomic E-state index is 8.81. The second-order valence-electron chi connectivity index (χ2n) is 4.83. The van der Waals surface area contributed by atoms with Crippen LogP contribution in [0, 0.1) is 11.3 Å². The quantitative estimate of drug-likeness (QED) is 0.910. The lowest BCUT2D eigenvalue weighted by Gasteiger charge is -2.31. The SMILES string of the molecule is CN(Cc1ccc(C#N)cc1Cl)C1CCCNC1. The second-order valence-corrected chi connectivity index (χ2v) is 5.24. The number of nitriles is 1. The van der Waals surface area contributed by atoms with Gasteiger partial charge in [-0.1, -0.05) is 17.7 Å². The van der Waals surface area contributed by atoms with Crippen LogP contribution in [0.2, 0.25) is 5.02 Å². The third-order valence-corrected chi connectivity index (χ3v) is 3.85. The van der Waals surface area contributed by atoms with Crippen molar-refractivity contribution in [3.05, 3.63) is 34.3 Å². The van der Waals surface area contributed by atoms with E-state index in [0.29, 0.717) is 16.6 Å². The molecule has 1 atom stereocenters. The monoisotopic (exact) mass is 263 g/mol. The topological polar surface area (TPSA) is 39.1 Å². The molecular formula is C14H18ClN3.